The number of amides is 1. The normalized spacial score (nSPS) is 33.0. The minimum Gasteiger partial charge on any atom is -0.341 e. The molecule has 0 radical (unpaired) electrons. The number of nitrogens with zero attached hydrogens (tertiary/aromatic N) is 2. The van der Waals surface area contributed by atoms with Gasteiger partial charge in [-0.3, -0.25) is 9.69 Å². The number of carbonyl (C=O) groups is 1. The van der Waals surface area contributed by atoms with Crippen molar-refractivity contribution in [2.45, 2.75) is 57.5 Å². The monoisotopic (exact) mass is 279 g/mol. The van der Waals surface area contributed by atoms with Gasteiger partial charge < -0.3 is 10.2 Å². The van der Waals surface area contributed by atoms with E-state index in [1.165, 1.54) is 32.1 Å². The first kappa shape index (κ1) is 14.3. The molecular weight excluding hydrogens is 250 g/mol. The molecule has 1 N–H and O–H groups in total. The third kappa shape index (κ3) is 2.86. The summed E-state index contributed by atoms with van der Waals surface area (Å²) in [7, 11) is 0. The summed E-state index contributed by atoms with van der Waals surface area (Å²) >= 11 is 0. The Labute approximate surface area is 122 Å². The third-order valence-corrected chi connectivity index (χ3v) is 5.53. The topological polar surface area (TPSA) is 35.6 Å². The Morgan fingerprint density at radius 1 is 1.15 bits per heavy atom. The van der Waals surface area contributed by atoms with Crippen LogP contribution in [0.15, 0.2) is 0 Å². The summed E-state index contributed by atoms with van der Waals surface area (Å²) in [6.45, 7) is 7.61. The summed E-state index contributed by atoms with van der Waals surface area (Å²) in [6.07, 6.45) is 7.12. The molecule has 3 fully saturated rings. The van der Waals surface area contributed by atoms with E-state index in [4.69, 9.17) is 0 Å². The van der Waals surface area contributed by atoms with E-state index in [2.05, 4.69) is 22.0 Å². The molecule has 3 aliphatic heterocycles. The molecule has 1 amide bonds. The fraction of sp³-hybridized carbons (Fsp3) is 0.938. The summed E-state index contributed by atoms with van der Waals surface area (Å²) < 4.78 is 0. The molecule has 0 aromatic heterocycles. The highest BCUT2D eigenvalue weighted by molar-refractivity contribution is 5.82. The van der Waals surface area contributed by atoms with Crippen LogP contribution in [-0.4, -0.2) is 60.5 Å². The van der Waals surface area contributed by atoms with Gasteiger partial charge in [0.05, 0.1) is 6.04 Å². The van der Waals surface area contributed by atoms with Gasteiger partial charge in [-0.15, -0.1) is 0 Å². The van der Waals surface area contributed by atoms with Crippen LogP contribution in [-0.2, 0) is 4.79 Å². The molecule has 2 unspecified atom stereocenters. The molecule has 0 aromatic rings. The zero-order chi connectivity index (χ0) is 13.9. The van der Waals surface area contributed by atoms with E-state index in [9.17, 15) is 4.79 Å². The first-order chi connectivity index (χ1) is 9.79. The molecule has 4 nitrogen and oxygen atoms in total. The Hall–Kier alpha value is -0.610. The van der Waals surface area contributed by atoms with Crippen LogP contribution in [0.2, 0.25) is 0 Å². The Balaban J connectivity index is 1.61. The number of likely N-dealkylation sites (tertiary alicyclic amines) is 2. The molecule has 4 heteroatoms. The van der Waals surface area contributed by atoms with Crippen molar-refractivity contribution in [1.82, 2.24) is 15.1 Å². The standard InChI is InChI=1S/C16H29N3O/c1-2-13-7-11-18(12-13)16(20)15-4-3-10-19(15)14-5-8-17-9-6-14/h13-15,17H,2-12H2,1H3. The minimum absolute atomic E-state index is 0.189. The van der Waals surface area contributed by atoms with Gasteiger partial charge in [-0.2, -0.15) is 0 Å². The molecule has 0 bridgehead atoms. The van der Waals surface area contributed by atoms with Gasteiger partial charge in [-0.1, -0.05) is 13.3 Å². The van der Waals surface area contributed by atoms with Crippen LogP contribution in [0.4, 0.5) is 0 Å². The lowest BCUT2D eigenvalue weighted by Crippen LogP contribution is -2.51. The van der Waals surface area contributed by atoms with Gasteiger partial charge >= 0.3 is 0 Å². The van der Waals surface area contributed by atoms with E-state index in [1.54, 1.807) is 0 Å². The van der Waals surface area contributed by atoms with Crippen molar-refractivity contribution in [2.75, 3.05) is 32.7 Å². The van der Waals surface area contributed by atoms with E-state index in [-0.39, 0.29) is 6.04 Å². The quantitative estimate of drug-likeness (QED) is 0.849. The van der Waals surface area contributed by atoms with Crippen LogP contribution in [0, 0.1) is 5.92 Å². The molecule has 3 aliphatic rings. The summed E-state index contributed by atoms with van der Waals surface area (Å²) in [5, 5.41) is 3.43. The zero-order valence-corrected chi connectivity index (χ0v) is 12.8. The van der Waals surface area contributed by atoms with Crippen LogP contribution in [0.1, 0.15) is 45.4 Å². The van der Waals surface area contributed by atoms with E-state index in [0.717, 1.165) is 45.1 Å². The molecule has 0 aliphatic carbocycles. The van der Waals surface area contributed by atoms with Crippen molar-refractivity contribution < 1.29 is 4.79 Å². The molecule has 3 saturated heterocycles. The second-order valence-corrected chi connectivity index (χ2v) is 6.72. The largest absolute Gasteiger partial charge is 0.341 e. The minimum atomic E-state index is 0.189. The molecule has 0 aromatic carbocycles. The third-order valence-electron chi connectivity index (χ3n) is 5.53. The molecular formula is C16H29N3O. The summed E-state index contributed by atoms with van der Waals surface area (Å²) in [5.41, 5.74) is 0. The lowest BCUT2D eigenvalue weighted by atomic mass is 10.0. The molecule has 3 rings (SSSR count). The number of nitrogens with one attached hydrogen (secondary N) is 1. The van der Waals surface area contributed by atoms with Gasteiger partial charge in [0.15, 0.2) is 0 Å². The molecule has 114 valence electrons. The van der Waals surface area contributed by atoms with E-state index >= 15 is 0 Å². The van der Waals surface area contributed by atoms with Crippen molar-refractivity contribution in [3.05, 3.63) is 0 Å². The maximum atomic E-state index is 12.8. The van der Waals surface area contributed by atoms with Gasteiger partial charge in [0.1, 0.15) is 0 Å². The number of hydrogen-bond acceptors (Lipinski definition) is 3. The number of piperidine rings is 1. The van der Waals surface area contributed by atoms with Crippen LogP contribution >= 0.6 is 0 Å². The smallest absolute Gasteiger partial charge is 0.239 e. The van der Waals surface area contributed by atoms with Crippen LogP contribution < -0.4 is 5.32 Å². The lowest BCUT2D eigenvalue weighted by molar-refractivity contribution is -0.136. The van der Waals surface area contributed by atoms with Crippen LogP contribution in [0.25, 0.3) is 0 Å². The first-order valence-electron chi connectivity index (χ1n) is 8.55. The van der Waals surface area contributed by atoms with E-state index in [1.807, 2.05) is 0 Å². The van der Waals surface area contributed by atoms with E-state index in [0.29, 0.717) is 11.9 Å². The van der Waals surface area contributed by atoms with E-state index < -0.39 is 0 Å². The van der Waals surface area contributed by atoms with Crippen LogP contribution in [0.5, 0.6) is 0 Å². The van der Waals surface area contributed by atoms with Crippen molar-refractivity contribution in [1.29, 1.82) is 0 Å². The average Bonchev–Trinajstić information content (AvgIpc) is 3.16. The number of hydrogen-bond donors (Lipinski definition) is 1. The first-order valence-corrected chi connectivity index (χ1v) is 8.55. The zero-order valence-electron chi connectivity index (χ0n) is 12.8. The number of carbonyl (C=O) groups excluding carboxylic acids is 1. The van der Waals surface area contributed by atoms with Crippen molar-refractivity contribution in [3.8, 4) is 0 Å². The summed E-state index contributed by atoms with van der Waals surface area (Å²) in [6, 6.07) is 0.825. The molecule has 3 heterocycles. The lowest BCUT2D eigenvalue weighted by Gasteiger charge is -2.36. The second-order valence-electron chi connectivity index (χ2n) is 6.72. The average molecular weight is 279 g/mol. The highest BCUT2D eigenvalue weighted by Crippen LogP contribution is 2.28. The fourth-order valence-electron chi connectivity index (χ4n) is 4.21. The van der Waals surface area contributed by atoms with Crippen molar-refractivity contribution in [3.63, 3.8) is 0 Å². The van der Waals surface area contributed by atoms with Gasteiger partial charge in [0, 0.05) is 19.1 Å². The highest BCUT2D eigenvalue weighted by Gasteiger charge is 2.39. The van der Waals surface area contributed by atoms with Crippen molar-refractivity contribution in [2.24, 2.45) is 5.92 Å². The SMILES string of the molecule is CCC1CCN(C(=O)C2CCCN2C2CCNCC2)C1. The summed E-state index contributed by atoms with van der Waals surface area (Å²) in [5.74, 6) is 1.17. The Kier molecular flexibility index (Phi) is 4.61. The van der Waals surface area contributed by atoms with Gasteiger partial charge in [-0.05, 0) is 57.7 Å². The summed E-state index contributed by atoms with van der Waals surface area (Å²) in [4.78, 5) is 17.5. The second kappa shape index (κ2) is 6.44. The van der Waals surface area contributed by atoms with Gasteiger partial charge in [-0.25, -0.2) is 0 Å². The predicted molar refractivity (Wildman–Crippen MR) is 80.6 cm³/mol. The Bertz CT molecular complexity index is 341. The predicted octanol–water partition coefficient (Wildman–Crippen LogP) is 1.46. The Morgan fingerprint density at radius 3 is 2.65 bits per heavy atom. The maximum Gasteiger partial charge on any atom is 0.239 e. The maximum absolute atomic E-state index is 12.8. The molecule has 0 spiro atoms. The Morgan fingerprint density at radius 2 is 1.95 bits per heavy atom. The molecule has 2 atom stereocenters. The fourth-order valence-corrected chi connectivity index (χ4v) is 4.21. The van der Waals surface area contributed by atoms with Gasteiger partial charge in [0.25, 0.3) is 0 Å². The molecule has 20 heavy (non-hydrogen) atoms. The van der Waals surface area contributed by atoms with Crippen molar-refractivity contribution >= 4 is 5.91 Å². The van der Waals surface area contributed by atoms with Gasteiger partial charge in [0.2, 0.25) is 5.91 Å². The number of rotatable bonds is 3. The van der Waals surface area contributed by atoms with Crippen LogP contribution in [0.3, 0.4) is 0 Å². The highest BCUT2D eigenvalue weighted by atomic mass is 16.2. The molecule has 0 saturated carbocycles.